The molecule has 2 aromatic rings. The Balaban J connectivity index is 2.37. The highest BCUT2D eigenvalue weighted by atomic mass is 79.9. The fourth-order valence-corrected chi connectivity index (χ4v) is 3.70. The van der Waals surface area contributed by atoms with Crippen LogP contribution in [-0.4, -0.2) is 23.6 Å². The number of aryl methyl sites for hydroxylation is 1. The van der Waals surface area contributed by atoms with Crippen LogP contribution in [0.15, 0.2) is 28.2 Å². The molecule has 1 aromatic carbocycles. The molecule has 0 aliphatic rings. The van der Waals surface area contributed by atoms with E-state index in [1.165, 1.54) is 23.5 Å². The van der Waals surface area contributed by atoms with Gasteiger partial charge in [0.15, 0.2) is 0 Å². The number of anilines is 1. The summed E-state index contributed by atoms with van der Waals surface area (Å²) in [5.74, 6) is -1.26. The van der Waals surface area contributed by atoms with Crippen molar-refractivity contribution in [2.75, 3.05) is 11.9 Å². The van der Waals surface area contributed by atoms with Gasteiger partial charge in [0.25, 0.3) is 5.91 Å². The first-order valence-corrected chi connectivity index (χ1v) is 9.58. The van der Waals surface area contributed by atoms with E-state index in [2.05, 4.69) is 21.2 Å². The van der Waals surface area contributed by atoms with E-state index in [9.17, 15) is 20.0 Å². The smallest absolute Gasteiger partial charge is 0.341 e. The normalized spacial score (nSPS) is 11.0. The molecule has 0 aliphatic heterocycles. The summed E-state index contributed by atoms with van der Waals surface area (Å²) in [5, 5.41) is 22.2. The van der Waals surface area contributed by atoms with Gasteiger partial charge in [-0.1, -0.05) is 15.9 Å². The maximum Gasteiger partial charge on any atom is 0.341 e. The second kappa shape index (κ2) is 8.84. The van der Waals surface area contributed by atoms with Crippen LogP contribution < -0.4 is 5.32 Å². The SMILES string of the molecule is CCOC(=O)c1c(NC(=O)/C(C#N)=C/c2cc(Br)ccc2O)sc(C)c1C. The lowest BCUT2D eigenvalue weighted by Gasteiger charge is -2.07. The van der Waals surface area contributed by atoms with Gasteiger partial charge in [0, 0.05) is 14.9 Å². The molecule has 0 spiro atoms. The number of nitriles is 1. The van der Waals surface area contributed by atoms with Crippen molar-refractivity contribution in [2.45, 2.75) is 20.8 Å². The van der Waals surface area contributed by atoms with Gasteiger partial charge in [-0.3, -0.25) is 4.79 Å². The second-order valence-corrected chi connectivity index (χ2v) is 7.68. The average molecular weight is 449 g/mol. The fourth-order valence-electron chi connectivity index (χ4n) is 2.28. The summed E-state index contributed by atoms with van der Waals surface area (Å²) in [5.41, 5.74) is 1.12. The van der Waals surface area contributed by atoms with E-state index in [4.69, 9.17) is 4.74 Å². The number of thiophene rings is 1. The Labute approximate surface area is 169 Å². The van der Waals surface area contributed by atoms with E-state index in [-0.39, 0.29) is 23.5 Å². The zero-order valence-electron chi connectivity index (χ0n) is 14.9. The topological polar surface area (TPSA) is 99.4 Å². The number of phenols is 1. The number of amides is 1. The number of carbonyl (C=O) groups excluding carboxylic acids is 2. The molecule has 0 unspecified atom stereocenters. The first-order chi connectivity index (χ1) is 12.8. The van der Waals surface area contributed by atoms with E-state index < -0.39 is 11.9 Å². The van der Waals surface area contributed by atoms with E-state index in [1.54, 1.807) is 26.0 Å². The zero-order valence-corrected chi connectivity index (χ0v) is 17.3. The number of benzene rings is 1. The number of halogens is 1. The number of hydrogen-bond donors (Lipinski definition) is 2. The largest absolute Gasteiger partial charge is 0.507 e. The molecule has 1 heterocycles. The van der Waals surface area contributed by atoms with Gasteiger partial charge >= 0.3 is 5.97 Å². The molecule has 2 rings (SSSR count). The number of ether oxygens (including phenoxy) is 1. The van der Waals surface area contributed by atoms with Crippen LogP contribution in [0.25, 0.3) is 6.08 Å². The van der Waals surface area contributed by atoms with E-state index in [0.29, 0.717) is 15.0 Å². The number of hydrogen-bond acceptors (Lipinski definition) is 6. The number of phenolic OH excluding ortho intramolecular Hbond substituents is 1. The molecular weight excluding hydrogens is 432 g/mol. The summed E-state index contributed by atoms with van der Waals surface area (Å²) in [6.07, 6.45) is 1.28. The third-order valence-corrected chi connectivity index (χ3v) is 5.36. The maximum atomic E-state index is 12.6. The van der Waals surface area contributed by atoms with Crippen molar-refractivity contribution in [3.8, 4) is 11.8 Å². The summed E-state index contributed by atoms with van der Waals surface area (Å²) in [4.78, 5) is 25.6. The second-order valence-electron chi connectivity index (χ2n) is 5.53. The Morgan fingerprint density at radius 1 is 1.41 bits per heavy atom. The summed E-state index contributed by atoms with van der Waals surface area (Å²) < 4.78 is 5.75. The molecule has 6 nitrogen and oxygen atoms in total. The quantitative estimate of drug-likeness (QED) is 0.396. The van der Waals surface area contributed by atoms with Crippen LogP contribution in [0.3, 0.4) is 0 Å². The maximum absolute atomic E-state index is 12.6. The number of nitrogens with zero attached hydrogens (tertiary/aromatic N) is 1. The van der Waals surface area contributed by atoms with Gasteiger partial charge in [0.2, 0.25) is 0 Å². The number of rotatable bonds is 5. The number of nitrogens with one attached hydrogen (secondary N) is 1. The Bertz CT molecular complexity index is 973. The lowest BCUT2D eigenvalue weighted by atomic mass is 10.1. The highest BCUT2D eigenvalue weighted by Gasteiger charge is 2.23. The van der Waals surface area contributed by atoms with Gasteiger partial charge in [-0.2, -0.15) is 5.26 Å². The van der Waals surface area contributed by atoms with Crippen LogP contribution in [0.1, 0.15) is 33.3 Å². The lowest BCUT2D eigenvalue weighted by Crippen LogP contribution is -2.16. The van der Waals surface area contributed by atoms with Crippen LogP contribution >= 0.6 is 27.3 Å². The van der Waals surface area contributed by atoms with Gasteiger partial charge in [-0.05, 0) is 50.6 Å². The Hall–Kier alpha value is -2.63. The van der Waals surface area contributed by atoms with Crippen LogP contribution in [0.2, 0.25) is 0 Å². The van der Waals surface area contributed by atoms with Gasteiger partial charge in [0.1, 0.15) is 22.4 Å². The van der Waals surface area contributed by atoms with Crippen molar-refractivity contribution in [1.82, 2.24) is 0 Å². The van der Waals surface area contributed by atoms with Gasteiger partial charge < -0.3 is 15.2 Å². The van der Waals surface area contributed by atoms with Crippen LogP contribution in [-0.2, 0) is 9.53 Å². The van der Waals surface area contributed by atoms with Crippen LogP contribution in [0.5, 0.6) is 5.75 Å². The summed E-state index contributed by atoms with van der Waals surface area (Å²) in [7, 11) is 0. The molecule has 0 atom stereocenters. The zero-order chi connectivity index (χ0) is 20.1. The molecule has 27 heavy (non-hydrogen) atoms. The highest BCUT2D eigenvalue weighted by molar-refractivity contribution is 9.10. The lowest BCUT2D eigenvalue weighted by molar-refractivity contribution is -0.112. The highest BCUT2D eigenvalue weighted by Crippen LogP contribution is 2.33. The first kappa shape index (κ1) is 20.7. The van der Waals surface area contributed by atoms with Gasteiger partial charge in [-0.25, -0.2) is 4.79 Å². The minimum absolute atomic E-state index is 0.0613. The molecule has 0 saturated carbocycles. The summed E-state index contributed by atoms with van der Waals surface area (Å²) in [6.45, 7) is 5.52. The van der Waals surface area contributed by atoms with Crippen molar-refractivity contribution >= 4 is 50.2 Å². The summed E-state index contributed by atoms with van der Waals surface area (Å²) >= 11 is 4.51. The predicted molar refractivity (Wildman–Crippen MR) is 108 cm³/mol. The minimum atomic E-state index is -0.677. The molecule has 2 N–H and O–H groups in total. The Kier molecular flexibility index (Phi) is 6.77. The monoisotopic (exact) mass is 448 g/mol. The van der Waals surface area contributed by atoms with Crippen LogP contribution in [0.4, 0.5) is 5.00 Å². The van der Waals surface area contributed by atoms with Crippen molar-refractivity contribution < 1.29 is 19.4 Å². The van der Waals surface area contributed by atoms with E-state index in [1.807, 2.05) is 13.0 Å². The Morgan fingerprint density at radius 2 is 2.11 bits per heavy atom. The molecule has 0 bridgehead atoms. The first-order valence-electron chi connectivity index (χ1n) is 7.97. The third kappa shape index (κ3) is 4.76. The molecule has 140 valence electrons. The number of aromatic hydroxyl groups is 1. The van der Waals surface area contributed by atoms with E-state index >= 15 is 0 Å². The summed E-state index contributed by atoms with van der Waals surface area (Å²) in [6, 6.07) is 6.50. The molecule has 0 saturated heterocycles. The fraction of sp³-hybridized carbons (Fsp3) is 0.211. The average Bonchev–Trinajstić information content (AvgIpc) is 2.89. The van der Waals surface area contributed by atoms with Crippen molar-refractivity contribution in [3.05, 3.63) is 49.8 Å². The van der Waals surface area contributed by atoms with E-state index in [0.717, 1.165) is 10.4 Å². The Morgan fingerprint density at radius 3 is 2.74 bits per heavy atom. The molecule has 0 radical (unpaired) electrons. The molecule has 1 amide bonds. The molecule has 1 aromatic heterocycles. The van der Waals surface area contributed by atoms with Crippen molar-refractivity contribution in [2.24, 2.45) is 0 Å². The molecule has 0 fully saturated rings. The third-order valence-electron chi connectivity index (χ3n) is 3.75. The van der Waals surface area contributed by atoms with Crippen LogP contribution in [0, 0.1) is 25.2 Å². The van der Waals surface area contributed by atoms with Crippen molar-refractivity contribution in [3.63, 3.8) is 0 Å². The predicted octanol–water partition coefficient (Wildman–Crippen LogP) is 4.56. The van der Waals surface area contributed by atoms with Gasteiger partial charge in [-0.15, -0.1) is 11.3 Å². The number of carbonyl (C=O) groups is 2. The molecule has 0 aliphatic carbocycles. The molecule has 8 heteroatoms. The van der Waals surface area contributed by atoms with Crippen molar-refractivity contribution in [1.29, 1.82) is 5.26 Å². The molecular formula is C19H17BrN2O4S. The number of esters is 1. The van der Waals surface area contributed by atoms with Gasteiger partial charge in [0.05, 0.1) is 12.2 Å². The standard InChI is InChI=1S/C19H17BrN2O4S/c1-4-26-19(25)16-10(2)11(3)27-18(16)22-17(24)13(9-21)7-12-8-14(20)5-6-15(12)23/h5-8,23H,4H2,1-3H3,(H,22,24)/b13-7+. The minimum Gasteiger partial charge on any atom is -0.507 e.